The second-order valence-electron chi connectivity index (χ2n) is 19.5. The molecule has 1 aliphatic rings. The van der Waals surface area contributed by atoms with Gasteiger partial charge in [-0.15, -0.1) is 0 Å². The lowest BCUT2D eigenvalue weighted by molar-refractivity contribution is 0.0134. The van der Waals surface area contributed by atoms with Crippen LogP contribution in [0.15, 0.2) is 97.1 Å². The number of rotatable bonds is 22. The van der Waals surface area contributed by atoms with Crippen LogP contribution in [0.4, 0.5) is 9.59 Å². The number of unbranched alkanes of at least 4 members (excludes halogenated alkanes) is 10. The van der Waals surface area contributed by atoms with Crippen LogP contribution in [0.25, 0.3) is 22.6 Å². The van der Waals surface area contributed by atoms with E-state index in [0.717, 1.165) is 80.8 Å². The van der Waals surface area contributed by atoms with Gasteiger partial charge in [0.05, 0.1) is 0 Å². The Labute approximate surface area is 426 Å². The predicted octanol–water partition coefficient (Wildman–Crippen LogP) is 17.0. The Bertz CT molecular complexity index is 2230. The van der Waals surface area contributed by atoms with Crippen LogP contribution in [0.1, 0.15) is 188 Å². The highest BCUT2D eigenvalue weighted by atomic mass is 127. The van der Waals surface area contributed by atoms with Crippen molar-refractivity contribution in [2.75, 3.05) is 0 Å². The van der Waals surface area contributed by atoms with Crippen molar-refractivity contribution in [1.82, 2.24) is 0 Å². The van der Waals surface area contributed by atoms with Crippen LogP contribution in [0, 0.1) is 7.14 Å². The van der Waals surface area contributed by atoms with Crippen molar-refractivity contribution >= 4 is 80.6 Å². The molecule has 0 N–H and O–H groups in total. The van der Waals surface area contributed by atoms with Crippen LogP contribution >= 0.6 is 45.2 Å². The molecular formula is C57H68I2O8. The third kappa shape index (κ3) is 15.9. The van der Waals surface area contributed by atoms with Gasteiger partial charge in [0, 0.05) is 47.0 Å². The number of fused-ring (bicyclic) bond motifs is 3. The van der Waals surface area contributed by atoms with E-state index < -0.39 is 28.9 Å². The van der Waals surface area contributed by atoms with Gasteiger partial charge in [0.1, 0.15) is 22.7 Å². The fourth-order valence-corrected chi connectivity index (χ4v) is 9.30. The Morgan fingerprint density at radius 3 is 1.15 bits per heavy atom. The lowest BCUT2D eigenvalue weighted by atomic mass is 9.70. The number of benzene rings is 4. The molecule has 4 aromatic carbocycles. The monoisotopic (exact) mass is 1130 g/mol. The Kier molecular flexibility index (Phi) is 19.9. The van der Waals surface area contributed by atoms with E-state index in [0.29, 0.717) is 22.3 Å². The minimum atomic E-state index is -0.895. The number of carbonyl (C=O) groups excluding carboxylic acids is 4. The second kappa shape index (κ2) is 24.8. The molecule has 0 aliphatic heterocycles. The Morgan fingerprint density at radius 1 is 0.478 bits per heavy atom. The highest BCUT2D eigenvalue weighted by molar-refractivity contribution is 14.1. The first-order chi connectivity index (χ1) is 31.8. The normalized spacial score (nSPS) is 13.4. The summed E-state index contributed by atoms with van der Waals surface area (Å²) in [4.78, 5) is 55.0. The minimum absolute atomic E-state index is 0.0984. The maximum absolute atomic E-state index is 14.5. The maximum Gasteiger partial charge on any atom is 0.514 e. The quantitative estimate of drug-likeness (QED) is 0.0191. The van der Waals surface area contributed by atoms with E-state index in [4.69, 9.17) is 18.9 Å². The topological polar surface area (TPSA) is 105 Å². The molecule has 0 unspecified atom stereocenters. The summed E-state index contributed by atoms with van der Waals surface area (Å²) in [5.41, 5.74) is 4.23. The van der Waals surface area contributed by atoms with E-state index >= 15 is 0 Å². The van der Waals surface area contributed by atoms with Gasteiger partial charge in [-0.3, -0.25) is 9.59 Å². The average Bonchev–Trinajstić information content (AvgIpc) is 3.52. The van der Waals surface area contributed by atoms with Crippen LogP contribution in [-0.2, 0) is 24.4 Å². The zero-order valence-electron chi connectivity index (χ0n) is 40.7. The van der Waals surface area contributed by atoms with Gasteiger partial charge in [-0.25, -0.2) is 9.59 Å². The van der Waals surface area contributed by atoms with Gasteiger partial charge in [0.2, 0.25) is 0 Å². The summed E-state index contributed by atoms with van der Waals surface area (Å²) in [5.74, 6) is -0.418. The highest BCUT2D eigenvalue weighted by Crippen LogP contribution is 2.55. The van der Waals surface area contributed by atoms with Crippen LogP contribution in [0.3, 0.4) is 0 Å². The summed E-state index contributed by atoms with van der Waals surface area (Å²) in [7, 11) is 0. The third-order valence-corrected chi connectivity index (χ3v) is 13.2. The predicted molar refractivity (Wildman–Crippen MR) is 286 cm³/mol. The molecule has 10 heteroatoms. The molecule has 4 aromatic rings. The van der Waals surface area contributed by atoms with Crippen molar-refractivity contribution in [2.45, 2.75) is 162 Å². The molecule has 0 heterocycles. The number of ether oxygens (including phenoxy) is 4. The van der Waals surface area contributed by atoms with Crippen LogP contribution in [0.5, 0.6) is 0 Å². The second-order valence-corrected chi connectivity index (χ2v) is 22.0. The van der Waals surface area contributed by atoms with E-state index in [1.807, 2.05) is 84.9 Å². The molecule has 5 rings (SSSR count). The fourth-order valence-electron chi connectivity index (χ4n) is 8.58. The smallest absolute Gasteiger partial charge is 0.428 e. The Morgan fingerprint density at radius 2 is 0.806 bits per heavy atom. The van der Waals surface area contributed by atoms with E-state index in [1.54, 1.807) is 41.5 Å². The zero-order valence-corrected chi connectivity index (χ0v) is 45.0. The minimum Gasteiger partial charge on any atom is -0.428 e. The number of carbonyl (C=O) groups is 4. The van der Waals surface area contributed by atoms with Gasteiger partial charge in [0.25, 0.3) is 0 Å². The Balaban J connectivity index is 1.62. The summed E-state index contributed by atoms with van der Waals surface area (Å²) in [6, 6.07) is 26.7. The molecule has 0 atom stereocenters. The maximum atomic E-state index is 14.5. The van der Waals surface area contributed by atoms with E-state index in [2.05, 4.69) is 59.0 Å². The fraction of sp³-hybridized carbons (Fsp3) is 0.439. The number of hydrogen-bond donors (Lipinski definition) is 0. The van der Waals surface area contributed by atoms with Gasteiger partial charge in [0.15, 0.2) is 11.6 Å². The first-order valence-corrected chi connectivity index (χ1v) is 26.1. The molecule has 0 saturated heterocycles. The molecule has 0 spiro atoms. The van der Waals surface area contributed by atoms with Crippen molar-refractivity contribution in [2.24, 2.45) is 0 Å². The number of allylic oxidation sites excluding steroid dienone is 2. The zero-order chi connectivity index (χ0) is 48.8. The van der Waals surface area contributed by atoms with Gasteiger partial charge in [-0.1, -0.05) is 139 Å². The summed E-state index contributed by atoms with van der Waals surface area (Å²) >= 11 is 4.42. The molecule has 67 heavy (non-hydrogen) atoms. The summed E-state index contributed by atoms with van der Waals surface area (Å²) in [6.07, 6.45) is 16.2. The van der Waals surface area contributed by atoms with Gasteiger partial charge in [-0.2, -0.15) is 0 Å². The van der Waals surface area contributed by atoms with Gasteiger partial charge in [-0.05, 0) is 158 Å². The number of hydrogen-bond acceptors (Lipinski definition) is 8. The van der Waals surface area contributed by atoms with Crippen molar-refractivity contribution in [1.29, 1.82) is 0 Å². The molecule has 1 aliphatic carbocycles. The van der Waals surface area contributed by atoms with Crippen molar-refractivity contribution in [3.63, 3.8) is 0 Å². The SMILES string of the molecule is CCCCCCCCC1(CCCCCCCC)c2cc(C(=O)/C=C(\OC(=O)OC(C)(C)C)c3ccc(I)cc3)ccc2-c2ccc(C(=O)/C=C(\OC(=O)OC(C)(C)C)c3ccc(I)cc3)cc21. The lowest BCUT2D eigenvalue weighted by Gasteiger charge is -2.33. The van der Waals surface area contributed by atoms with Crippen molar-refractivity contribution in [3.8, 4) is 11.1 Å². The van der Waals surface area contributed by atoms with Gasteiger partial charge < -0.3 is 18.9 Å². The molecule has 0 aromatic heterocycles. The van der Waals surface area contributed by atoms with E-state index in [9.17, 15) is 19.2 Å². The summed E-state index contributed by atoms with van der Waals surface area (Å²) in [6.45, 7) is 15.0. The number of ketones is 2. The lowest BCUT2D eigenvalue weighted by Crippen LogP contribution is -2.26. The molecule has 0 saturated carbocycles. The molecule has 0 radical (unpaired) electrons. The molecular weight excluding hydrogens is 1070 g/mol. The van der Waals surface area contributed by atoms with Crippen LogP contribution in [-0.4, -0.2) is 35.1 Å². The highest BCUT2D eigenvalue weighted by Gasteiger charge is 2.43. The van der Waals surface area contributed by atoms with Crippen LogP contribution < -0.4 is 0 Å². The third-order valence-electron chi connectivity index (χ3n) is 11.8. The van der Waals surface area contributed by atoms with Crippen molar-refractivity contribution < 1.29 is 38.1 Å². The largest absolute Gasteiger partial charge is 0.514 e. The van der Waals surface area contributed by atoms with Crippen LogP contribution in [0.2, 0.25) is 0 Å². The molecule has 0 amide bonds. The van der Waals surface area contributed by atoms with E-state index in [-0.39, 0.29) is 23.1 Å². The molecule has 0 fully saturated rings. The van der Waals surface area contributed by atoms with E-state index in [1.165, 1.54) is 50.7 Å². The summed E-state index contributed by atoms with van der Waals surface area (Å²) < 4.78 is 24.5. The molecule has 358 valence electrons. The summed E-state index contributed by atoms with van der Waals surface area (Å²) in [5, 5.41) is 0. The number of halogens is 2. The molecule has 0 bridgehead atoms. The molecule has 8 nitrogen and oxygen atoms in total. The van der Waals surface area contributed by atoms with Crippen molar-refractivity contribution in [3.05, 3.63) is 138 Å². The first kappa shape index (κ1) is 53.7. The standard InChI is InChI=1S/C57H68I2O8/c1-9-11-13-15-17-19-33-57(34-20-18-16-14-12-10-2)47-35-41(49(60)37-51(39-21-27-43(58)28-22-39)64-53(62)66-55(3,4)5)25-31-45(47)46-32-26-42(36-48(46)57)50(61)38-52(40-23-29-44(59)30-24-40)65-54(63)67-56(6,7)8/h21-32,35-38H,9-20,33-34H2,1-8H3/b51-37-,52-38-. The Hall–Kier alpha value is -4.30. The van der Waals surface area contributed by atoms with Gasteiger partial charge >= 0.3 is 12.3 Å². The first-order valence-electron chi connectivity index (χ1n) is 24.0. The average molecular weight is 1130 g/mol.